The van der Waals surface area contributed by atoms with Crippen LogP contribution in [0.1, 0.15) is 53.7 Å². The topological polar surface area (TPSA) is 121 Å². The first-order valence-corrected chi connectivity index (χ1v) is 16.3. The fourth-order valence-electron chi connectivity index (χ4n) is 7.71. The van der Waals surface area contributed by atoms with E-state index >= 15 is 0 Å². The smallest absolute Gasteiger partial charge is 0.272 e. The van der Waals surface area contributed by atoms with Crippen molar-refractivity contribution < 1.29 is 9.53 Å². The van der Waals surface area contributed by atoms with E-state index in [0.717, 1.165) is 78.4 Å². The van der Waals surface area contributed by atoms with Crippen LogP contribution in [0, 0.1) is 6.92 Å². The predicted octanol–water partition coefficient (Wildman–Crippen LogP) is 5.94. The standard InChI is InChI=1S/C36H39N9O2/c1-22-18-38-32-20-43(14-15-44(22)32)25-9-11-26(12-10-25)45-19-27(33-34(37)39-21-40-35(33)45)23-8-13-28(31(17-23)47-3)41-36(46)30-16-24-6-4-5-7-29(24)42(30)2/h4-8,13,16-19,21,25-26H,9-12,14-15,20H2,1-3H3,(H,41,46)(H2,37,39,40). The van der Waals surface area contributed by atoms with Crippen LogP contribution in [0.15, 0.2) is 67.3 Å². The Kier molecular flexibility index (Phi) is 7.20. The average molecular weight is 630 g/mol. The highest BCUT2D eigenvalue weighted by Crippen LogP contribution is 2.41. The summed E-state index contributed by atoms with van der Waals surface area (Å²) in [5.41, 5.74) is 12.6. The van der Waals surface area contributed by atoms with Crippen LogP contribution < -0.4 is 15.8 Å². The minimum atomic E-state index is -0.204. The lowest BCUT2D eigenvalue weighted by Crippen LogP contribution is -2.43. The average Bonchev–Trinajstić information content (AvgIpc) is 3.78. The molecule has 8 rings (SSSR count). The van der Waals surface area contributed by atoms with E-state index in [1.807, 2.05) is 66.3 Å². The van der Waals surface area contributed by atoms with Crippen molar-refractivity contribution in [2.24, 2.45) is 7.05 Å². The number of imidazole rings is 1. The molecule has 11 heteroatoms. The molecule has 1 saturated carbocycles. The van der Waals surface area contributed by atoms with Crippen molar-refractivity contribution >= 4 is 39.3 Å². The Balaban J connectivity index is 1.05. The number of methoxy groups -OCH3 is 1. The van der Waals surface area contributed by atoms with E-state index in [1.165, 1.54) is 11.5 Å². The van der Waals surface area contributed by atoms with Gasteiger partial charge in [0.15, 0.2) is 0 Å². The number of benzene rings is 2. The number of rotatable bonds is 6. The molecule has 0 spiro atoms. The summed E-state index contributed by atoms with van der Waals surface area (Å²) >= 11 is 0. The zero-order valence-electron chi connectivity index (χ0n) is 27.0. The number of carbonyl (C=O) groups excluding carboxylic acids is 1. The van der Waals surface area contributed by atoms with Crippen molar-refractivity contribution in [2.45, 2.75) is 57.8 Å². The zero-order valence-corrected chi connectivity index (χ0v) is 27.0. The summed E-state index contributed by atoms with van der Waals surface area (Å²) in [5.74, 6) is 1.98. The third-order valence-corrected chi connectivity index (χ3v) is 10.3. The van der Waals surface area contributed by atoms with Crippen molar-refractivity contribution in [1.29, 1.82) is 0 Å². The predicted molar refractivity (Wildman–Crippen MR) is 183 cm³/mol. The molecule has 2 aliphatic rings. The number of nitrogens with zero attached hydrogens (tertiary/aromatic N) is 7. The first-order valence-electron chi connectivity index (χ1n) is 16.3. The highest BCUT2D eigenvalue weighted by Gasteiger charge is 2.31. The van der Waals surface area contributed by atoms with Gasteiger partial charge < -0.3 is 29.5 Å². The van der Waals surface area contributed by atoms with Gasteiger partial charge in [0.05, 0.1) is 24.7 Å². The molecule has 0 unspecified atom stereocenters. The number of para-hydroxylation sites is 1. The highest BCUT2D eigenvalue weighted by atomic mass is 16.5. The van der Waals surface area contributed by atoms with Gasteiger partial charge >= 0.3 is 0 Å². The van der Waals surface area contributed by atoms with Crippen molar-refractivity contribution in [3.63, 3.8) is 0 Å². The van der Waals surface area contributed by atoms with Gasteiger partial charge in [-0.1, -0.05) is 24.3 Å². The van der Waals surface area contributed by atoms with E-state index < -0.39 is 0 Å². The molecular formula is C36H39N9O2. The maximum absolute atomic E-state index is 13.4. The summed E-state index contributed by atoms with van der Waals surface area (Å²) in [6.45, 7) is 5.14. The molecule has 1 aliphatic carbocycles. The van der Waals surface area contributed by atoms with Crippen LogP contribution in [-0.2, 0) is 20.1 Å². The lowest BCUT2D eigenvalue weighted by molar-refractivity contribution is 0.101. The lowest BCUT2D eigenvalue weighted by Gasteiger charge is -2.39. The van der Waals surface area contributed by atoms with E-state index in [1.54, 1.807) is 13.4 Å². The number of aromatic nitrogens is 6. The van der Waals surface area contributed by atoms with E-state index in [-0.39, 0.29) is 5.91 Å². The van der Waals surface area contributed by atoms with Gasteiger partial charge in [-0.25, -0.2) is 15.0 Å². The van der Waals surface area contributed by atoms with Crippen LogP contribution in [0.5, 0.6) is 5.75 Å². The Bertz CT molecular complexity index is 2130. The van der Waals surface area contributed by atoms with Gasteiger partial charge in [-0.3, -0.25) is 9.69 Å². The zero-order chi connectivity index (χ0) is 32.2. The molecule has 6 aromatic rings. The quantitative estimate of drug-likeness (QED) is 0.234. The van der Waals surface area contributed by atoms with Crippen LogP contribution in [0.3, 0.4) is 0 Å². The normalized spacial score (nSPS) is 18.4. The number of nitrogen functional groups attached to an aromatic ring is 1. The number of nitrogens with one attached hydrogen (secondary N) is 1. The van der Waals surface area contributed by atoms with Crippen LogP contribution in [-0.4, -0.2) is 59.2 Å². The number of hydrogen-bond donors (Lipinski definition) is 2. The van der Waals surface area contributed by atoms with Gasteiger partial charge in [0.25, 0.3) is 5.91 Å². The molecule has 5 heterocycles. The van der Waals surface area contributed by atoms with Crippen LogP contribution in [0.25, 0.3) is 33.1 Å². The SMILES string of the molecule is COc1cc(-c2cn(C3CCC(N4CCn5c(C)cnc5C4)CC3)c3ncnc(N)c23)ccc1NC(=O)c1cc2ccccc2n1C. The largest absolute Gasteiger partial charge is 0.495 e. The van der Waals surface area contributed by atoms with E-state index in [0.29, 0.717) is 35.0 Å². The Labute approximate surface area is 273 Å². The molecule has 0 bridgehead atoms. The second-order valence-corrected chi connectivity index (χ2v) is 12.8. The Morgan fingerprint density at radius 3 is 2.62 bits per heavy atom. The molecule has 0 atom stereocenters. The summed E-state index contributed by atoms with van der Waals surface area (Å²) in [5, 5.41) is 4.90. The van der Waals surface area contributed by atoms with E-state index in [9.17, 15) is 4.79 Å². The molecular weight excluding hydrogens is 590 g/mol. The number of aryl methyl sites for hydroxylation is 2. The van der Waals surface area contributed by atoms with Gasteiger partial charge in [-0.2, -0.15) is 0 Å². The summed E-state index contributed by atoms with van der Waals surface area (Å²) in [6.07, 6.45) is 10.1. The number of fused-ring (bicyclic) bond motifs is 3. The first-order chi connectivity index (χ1) is 22.9. The van der Waals surface area contributed by atoms with Gasteiger partial charge in [0.1, 0.15) is 35.1 Å². The van der Waals surface area contributed by atoms with Crippen molar-refractivity contribution in [1.82, 2.24) is 33.6 Å². The number of nitrogens with two attached hydrogens (primary N) is 1. The Morgan fingerprint density at radius 1 is 1.00 bits per heavy atom. The summed E-state index contributed by atoms with van der Waals surface area (Å²) < 4.78 is 12.3. The monoisotopic (exact) mass is 629 g/mol. The molecule has 1 amide bonds. The van der Waals surface area contributed by atoms with Gasteiger partial charge in [0, 0.05) is 66.8 Å². The van der Waals surface area contributed by atoms with Gasteiger partial charge in [-0.05, 0) is 62.4 Å². The van der Waals surface area contributed by atoms with E-state index in [2.05, 4.69) is 42.4 Å². The summed E-state index contributed by atoms with van der Waals surface area (Å²) in [6, 6.07) is 16.5. The third-order valence-electron chi connectivity index (χ3n) is 10.3. The van der Waals surface area contributed by atoms with Gasteiger partial charge in [0.2, 0.25) is 0 Å². The molecule has 11 nitrogen and oxygen atoms in total. The fraction of sp³-hybridized carbons (Fsp3) is 0.333. The number of ether oxygens (including phenoxy) is 1. The molecule has 1 fully saturated rings. The Hall–Kier alpha value is -5.16. The minimum absolute atomic E-state index is 0.204. The minimum Gasteiger partial charge on any atom is -0.495 e. The number of carbonyl (C=O) groups is 1. The van der Waals surface area contributed by atoms with Gasteiger partial charge in [-0.15, -0.1) is 0 Å². The number of hydrogen-bond acceptors (Lipinski definition) is 7. The van der Waals surface area contributed by atoms with Crippen LogP contribution >= 0.6 is 0 Å². The highest BCUT2D eigenvalue weighted by molar-refractivity contribution is 6.07. The molecule has 2 aromatic carbocycles. The van der Waals surface area contributed by atoms with Crippen LogP contribution in [0.4, 0.5) is 11.5 Å². The number of amides is 1. The van der Waals surface area contributed by atoms with Crippen molar-refractivity contribution in [2.75, 3.05) is 24.7 Å². The summed E-state index contributed by atoms with van der Waals surface area (Å²) in [7, 11) is 3.51. The van der Waals surface area contributed by atoms with Crippen molar-refractivity contribution in [3.05, 3.63) is 84.5 Å². The maximum Gasteiger partial charge on any atom is 0.272 e. The number of anilines is 2. The fourth-order valence-corrected chi connectivity index (χ4v) is 7.71. The molecule has 47 heavy (non-hydrogen) atoms. The molecule has 4 aromatic heterocycles. The summed E-state index contributed by atoms with van der Waals surface area (Å²) in [4.78, 5) is 29.7. The second kappa shape index (κ2) is 11.6. The maximum atomic E-state index is 13.4. The van der Waals surface area contributed by atoms with Crippen molar-refractivity contribution in [3.8, 4) is 16.9 Å². The first kappa shape index (κ1) is 29.3. The van der Waals surface area contributed by atoms with Crippen LogP contribution in [0.2, 0.25) is 0 Å². The lowest BCUT2D eigenvalue weighted by atomic mass is 9.89. The third kappa shape index (κ3) is 5.01. The molecule has 0 radical (unpaired) electrons. The van der Waals surface area contributed by atoms with E-state index in [4.69, 9.17) is 15.5 Å². The molecule has 240 valence electrons. The molecule has 3 N–H and O–H groups in total. The molecule has 1 aliphatic heterocycles. The Morgan fingerprint density at radius 2 is 1.81 bits per heavy atom. The second-order valence-electron chi connectivity index (χ2n) is 12.8. The molecule has 0 saturated heterocycles.